The first-order valence-corrected chi connectivity index (χ1v) is 8.81. The largest absolute Gasteiger partial charge is 0.491 e. The van der Waals surface area contributed by atoms with Gasteiger partial charge in [-0.2, -0.15) is 0 Å². The average Bonchev–Trinajstić information content (AvgIpc) is 2.67. The van der Waals surface area contributed by atoms with Crippen LogP contribution in [-0.2, 0) is 6.54 Å². The monoisotopic (exact) mass is 345 g/mol. The number of anilines is 1. The molecule has 0 N–H and O–H groups in total. The van der Waals surface area contributed by atoms with Crippen LogP contribution in [0.5, 0.6) is 5.75 Å². The minimum Gasteiger partial charge on any atom is -0.491 e. The van der Waals surface area contributed by atoms with Crippen LogP contribution in [0.15, 0.2) is 84.9 Å². The van der Waals surface area contributed by atoms with Gasteiger partial charge in [-0.3, -0.25) is 4.79 Å². The SMILES string of the molecule is CC(C)Oc1ccc(C(=O)N(Cc2ccccc2)c2ccccc2)cc1. The number of para-hydroxylation sites is 1. The predicted molar refractivity (Wildman–Crippen MR) is 106 cm³/mol. The van der Waals surface area contributed by atoms with Gasteiger partial charge in [0.05, 0.1) is 12.6 Å². The number of rotatable bonds is 6. The molecule has 3 aromatic rings. The van der Waals surface area contributed by atoms with Crippen LogP contribution in [0.4, 0.5) is 5.69 Å². The maximum Gasteiger partial charge on any atom is 0.258 e. The van der Waals surface area contributed by atoms with Crippen LogP contribution < -0.4 is 9.64 Å². The first-order chi connectivity index (χ1) is 12.6. The van der Waals surface area contributed by atoms with Gasteiger partial charge in [0.15, 0.2) is 0 Å². The molecule has 0 aromatic heterocycles. The van der Waals surface area contributed by atoms with Crippen molar-refractivity contribution in [2.24, 2.45) is 0 Å². The summed E-state index contributed by atoms with van der Waals surface area (Å²) in [7, 11) is 0. The lowest BCUT2D eigenvalue weighted by atomic mass is 10.1. The van der Waals surface area contributed by atoms with E-state index >= 15 is 0 Å². The molecule has 0 aliphatic rings. The number of hydrogen-bond donors (Lipinski definition) is 0. The zero-order chi connectivity index (χ0) is 18.4. The van der Waals surface area contributed by atoms with E-state index in [4.69, 9.17) is 4.74 Å². The van der Waals surface area contributed by atoms with Crippen molar-refractivity contribution in [2.75, 3.05) is 4.90 Å². The summed E-state index contributed by atoms with van der Waals surface area (Å²) < 4.78 is 5.66. The number of nitrogens with zero attached hydrogens (tertiary/aromatic N) is 1. The first-order valence-electron chi connectivity index (χ1n) is 8.81. The fraction of sp³-hybridized carbons (Fsp3) is 0.174. The van der Waals surface area contributed by atoms with Gasteiger partial charge in [0, 0.05) is 11.3 Å². The highest BCUT2D eigenvalue weighted by molar-refractivity contribution is 6.06. The molecule has 3 rings (SSSR count). The van der Waals surface area contributed by atoms with Crippen molar-refractivity contribution in [1.29, 1.82) is 0 Å². The zero-order valence-electron chi connectivity index (χ0n) is 15.1. The molecule has 0 radical (unpaired) electrons. The topological polar surface area (TPSA) is 29.5 Å². The molecule has 0 aliphatic carbocycles. The molecule has 0 atom stereocenters. The lowest BCUT2D eigenvalue weighted by molar-refractivity contribution is 0.0985. The molecule has 1 amide bonds. The Morgan fingerprint density at radius 2 is 1.42 bits per heavy atom. The molecule has 0 aliphatic heterocycles. The molecule has 3 nitrogen and oxygen atoms in total. The molecule has 0 heterocycles. The van der Waals surface area contributed by atoms with Crippen molar-refractivity contribution in [3.05, 3.63) is 96.1 Å². The summed E-state index contributed by atoms with van der Waals surface area (Å²) >= 11 is 0. The molecule has 0 saturated carbocycles. The van der Waals surface area contributed by atoms with Crippen molar-refractivity contribution < 1.29 is 9.53 Å². The smallest absolute Gasteiger partial charge is 0.258 e. The molecule has 3 aromatic carbocycles. The molecule has 132 valence electrons. The van der Waals surface area contributed by atoms with Crippen LogP contribution >= 0.6 is 0 Å². The zero-order valence-corrected chi connectivity index (χ0v) is 15.1. The van der Waals surface area contributed by atoms with E-state index in [0.717, 1.165) is 17.0 Å². The number of ether oxygens (including phenoxy) is 1. The van der Waals surface area contributed by atoms with Crippen molar-refractivity contribution in [3.63, 3.8) is 0 Å². The predicted octanol–water partition coefficient (Wildman–Crippen LogP) is 5.32. The molecule has 3 heteroatoms. The van der Waals surface area contributed by atoms with Crippen molar-refractivity contribution in [2.45, 2.75) is 26.5 Å². The number of carbonyl (C=O) groups excluding carboxylic acids is 1. The summed E-state index contributed by atoms with van der Waals surface area (Å²) in [5, 5.41) is 0. The third-order valence-electron chi connectivity index (χ3n) is 3.97. The third kappa shape index (κ3) is 4.51. The van der Waals surface area contributed by atoms with Crippen LogP contribution in [0.25, 0.3) is 0 Å². The Morgan fingerprint density at radius 1 is 0.846 bits per heavy atom. The van der Waals surface area contributed by atoms with Crippen LogP contribution in [0, 0.1) is 0 Å². The van der Waals surface area contributed by atoms with E-state index in [9.17, 15) is 4.79 Å². The first kappa shape index (κ1) is 17.7. The number of carbonyl (C=O) groups is 1. The highest BCUT2D eigenvalue weighted by Gasteiger charge is 2.18. The molecule has 26 heavy (non-hydrogen) atoms. The summed E-state index contributed by atoms with van der Waals surface area (Å²) in [6, 6.07) is 27.1. The molecule has 0 saturated heterocycles. The Kier molecular flexibility index (Phi) is 5.69. The normalized spacial score (nSPS) is 10.6. The van der Waals surface area contributed by atoms with E-state index in [-0.39, 0.29) is 12.0 Å². The van der Waals surface area contributed by atoms with Gasteiger partial charge in [-0.05, 0) is 55.8 Å². The molecule has 0 bridgehead atoms. The third-order valence-corrected chi connectivity index (χ3v) is 3.97. The van der Waals surface area contributed by atoms with Crippen LogP contribution in [0.3, 0.4) is 0 Å². The van der Waals surface area contributed by atoms with Crippen molar-refractivity contribution in [1.82, 2.24) is 0 Å². The molecular weight excluding hydrogens is 322 g/mol. The van der Waals surface area contributed by atoms with E-state index in [1.807, 2.05) is 98.8 Å². The standard InChI is InChI=1S/C23H23NO2/c1-18(2)26-22-15-13-20(14-16-22)23(25)24(21-11-7-4-8-12-21)17-19-9-5-3-6-10-19/h3-16,18H,17H2,1-2H3. The molecule has 0 unspecified atom stereocenters. The summed E-state index contributed by atoms with van der Waals surface area (Å²) in [4.78, 5) is 15.0. The minimum absolute atomic E-state index is 0.0313. The van der Waals surface area contributed by atoms with E-state index in [1.165, 1.54) is 0 Å². The van der Waals surface area contributed by atoms with Crippen LogP contribution in [0.1, 0.15) is 29.8 Å². The van der Waals surface area contributed by atoms with Gasteiger partial charge < -0.3 is 9.64 Å². The van der Waals surface area contributed by atoms with Gasteiger partial charge in [-0.15, -0.1) is 0 Å². The van der Waals surface area contributed by atoms with Gasteiger partial charge >= 0.3 is 0 Å². The lowest BCUT2D eigenvalue weighted by Crippen LogP contribution is -2.30. The Balaban J connectivity index is 1.87. The molecule has 0 spiro atoms. The Labute approximate surface area is 154 Å². The number of amides is 1. The quantitative estimate of drug-likeness (QED) is 0.605. The Bertz CT molecular complexity index is 827. The summed E-state index contributed by atoms with van der Waals surface area (Å²) in [5.74, 6) is 0.738. The Hall–Kier alpha value is -3.07. The second-order valence-electron chi connectivity index (χ2n) is 6.40. The molecule has 0 fully saturated rings. The maximum atomic E-state index is 13.2. The number of hydrogen-bond acceptors (Lipinski definition) is 2. The van der Waals surface area contributed by atoms with Gasteiger partial charge in [0.2, 0.25) is 0 Å². The summed E-state index contributed by atoms with van der Waals surface area (Å²) in [6.07, 6.45) is 0.107. The highest BCUT2D eigenvalue weighted by atomic mass is 16.5. The fourth-order valence-corrected chi connectivity index (χ4v) is 2.76. The van der Waals surface area contributed by atoms with Gasteiger partial charge in [0.25, 0.3) is 5.91 Å². The Morgan fingerprint density at radius 3 is 2.00 bits per heavy atom. The van der Waals surface area contributed by atoms with E-state index in [2.05, 4.69) is 0 Å². The van der Waals surface area contributed by atoms with Gasteiger partial charge in [-0.25, -0.2) is 0 Å². The van der Waals surface area contributed by atoms with Crippen molar-refractivity contribution >= 4 is 11.6 Å². The average molecular weight is 345 g/mol. The van der Waals surface area contributed by atoms with Crippen LogP contribution in [0.2, 0.25) is 0 Å². The maximum absolute atomic E-state index is 13.2. The van der Waals surface area contributed by atoms with Crippen molar-refractivity contribution in [3.8, 4) is 5.75 Å². The molecular formula is C23H23NO2. The summed E-state index contributed by atoms with van der Waals surface area (Å²) in [5.41, 5.74) is 2.61. The van der Waals surface area contributed by atoms with Gasteiger partial charge in [-0.1, -0.05) is 48.5 Å². The highest BCUT2D eigenvalue weighted by Crippen LogP contribution is 2.21. The van der Waals surface area contributed by atoms with E-state index in [0.29, 0.717) is 12.1 Å². The van der Waals surface area contributed by atoms with Crippen LogP contribution in [-0.4, -0.2) is 12.0 Å². The number of benzene rings is 3. The summed E-state index contributed by atoms with van der Waals surface area (Å²) in [6.45, 7) is 4.49. The van der Waals surface area contributed by atoms with Gasteiger partial charge in [0.1, 0.15) is 5.75 Å². The van der Waals surface area contributed by atoms with E-state index < -0.39 is 0 Å². The fourth-order valence-electron chi connectivity index (χ4n) is 2.76. The second kappa shape index (κ2) is 8.34. The minimum atomic E-state index is -0.0313. The second-order valence-corrected chi connectivity index (χ2v) is 6.40. The lowest BCUT2D eigenvalue weighted by Gasteiger charge is -2.23. The van der Waals surface area contributed by atoms with E-state index in [1.54, 1.807) is 4.90 Å².